The molecule has 72 valence electrons. The number of rotatable bonds is 4. The second kappa shape index (κ2) is 5.14. The Morgan fingerprint density at radius 3 is 2.25 bits per heavy atom. The minimum atomic E-state index is -0.389. The van der Waals surface area contributed by atoms with Gasteiger partial charge in [0.15, 0.2) is 0 Å². The maximum Gasteiger partial charge on any atom is 0.302 e. The molecule has 0 aromatic rings. The Balaban J connectivity index is 3.68. The van der Waals surface area contributed by atoms with E-state index in [1.165, 1.54) is 6.92 Å². The minimum Gasteiger partial charge on any atom is -0.463 e. The second-order valence-corrected chi connectivity index (χ2v) is 3.47. The molecule has 0 unspecified atom stereocenters. The van der Waals surface area contributed by atoms with Crippen LogP contribution in [-0.2, 0) is 9.53 Å². The van der Waals surface area contributed by atoms with Gasteiger partial charge in [-0.15, -0.1) is 0 Å². The Kier molecular flexibility index (Phi) is 4.90. The van der Waals surface area contributed by atoms with Crippen molar-refractivity contribution in [2.45, 2.75) is 46.3 Å². The second-order valence-electron chi connectivity index (χ2n) is 3.47. The van der Waals surface area contributed by atoms with E-state index in [9.17, 15) is 9.90 Å². The van der Waals surface area contributed by atoms with E-state index >= 15 is 0 Å². The standard InChI is InChI=1S/C9H18O3/c1-6(2)9(11)5-7(3)12-8(4)10/h6-7,9,11H,5H2,1-4H3/t7-,9+/m1/s1. The molecule has 0 aromatic heterocycles. The summed E-state index contributed by atoms with van der Waals surface area (Å²) >= 11 is 0. The van der Waals surface area contributed by atoms with Crippen LogP contribution in [0.15, 0.2) is 0 Å². The van der Waals surface area contributed by atoms with Crippen LogP contribution >= 0.6 is 0 Å². The Hall–Kier alpha value is -0.570. The molecule has 3 heteroatoms. The van der Waals surface area contributed by atoms with Crippen molar-refractivity contribution in [2.24, 2.45) is 5.92 Å². The van der Waals surface area contributed by atoms with Crippen LogP contribution < -0.4 is 0 Å². The Labute approximate surface area is 73.7 Å². The maximum atomic E-state index is 10.5. The van der Waals surface area contributed by atoms with Crippen LogP contribution in [0.25, 0.3) is 0 Å². The van der Waals surface area contributed by atoms with Crippen LogP contribution in [0.1, 0.15) is 34.1 Å². The predicted molar refractivity (Wildman–Crippen MR) is 46.7 cm³/mol. The predicted octanol–water partition coefficient (Wildman–Crippen LogP) is 1.34. The quantitative estimate of drug-likeness (QED) is 0.654. The highest BCUT2D eigenvalue weighted by atomic mass is 16.5. The van der Waals surface area contributed by atoms with Gasteiger partial charge in [-0.25, -0.2) is 0 Å². The van der Waals surface area contributed by atoms with Gasteiger partial charge >= 0.3 is 5.97 Å². The van der Waals surface area contributed by atoms with Crippen LogP contribution in [0.5, 0.6) is 0 Å². The van der Waals surface area contributed by atoms with E-state index in [4.69, 9.17) is 4.74 Å². The Morgan fingerprint density at radius 2 is 1.92 bits per heavy atom. The molecule has 0 rings (SSSR count). The highest BCUT2D eigenvalue weighted by Gasteiger charge is 2.15. The van der Waals surface area contributed by atoms with Crippen molar-refractivity contribution >= 4 is 5.97 Å². The number of esters is 1. The van der Waals surface area contributed by atoms with Crippen LogP contribution in [0.3, 0.4) is 0 Å². The fraction of sp³-hybridized carbons (Fsp3) is 0.889. The van der Waals surface area contributed by atoms with Gasteiger partial charge in [0.1, 0.15) is 6.10 Å². The number of carbonyl (C=O) groups is 1. The normalized spacial score (nSPS) is 15.8. The lowest BCUT2D eigenvalue weighted by molar-refractivity contribution is -0.146. The number of ether oxygens (including phenoxy) is 1. The van der Waals surface area contributed by atoms with E-state index < -0.39 is 0 Å². The average molecular weight is 174 g/mol. The summed E-state index contributed by atoms with van der Waals surface area (Å²) in [7, 11) is 0. The molecule has 3 nitrogen and oxygen atoms in total. The van der Waals surface area contributed by atoms with Gasteiger partial charge in [-0.2, -0.15) is 0 Å². The van der Waals surface area contributed by atoms with Crippen molar-refractivity contribution in [3.05, 3.63) is 0 Å². The maximum absolute atomic E-state index is 10.5. The zero-order valence-electron chi connectivity index (χ0n) is 8.20. The first-order valence-corrected chi connectivity index (χ1v) is 4.28. The third kappa shape index (κ3) is 5.13. The summed E-state index contributed by atoms with van der Waals surface area (Å²) < 4.78 is 4.87. The highest BCUT2D eigenvalue weighted by Crippen LogP contribution is 2.10. The van der Waals surface area contributed by atoms with Crippen LogP contribution in [-0.4, -0.2) is 23.3 Å². The van der Waals surface area contributed by atoms with Gasteiger partial charge in [0, 0.05) is 13.3 Å². The van der Waals surface area contributed by atoms with Gasteiger partial charge in [-0.05, 0) is 12.8 Å². The number of aliphatic hydroxyl groups excluding tert-OH is 1. The van der Waals surface area contributed by atoms with Gasteiger partial charge < -0.3 is 9.84 Å². The average Bonchev–Trinajstić information content (AvgIpc) is 1.84. The lowest BCUT2D eigenvalue weighted by atomic mass is 10.0. The van der Waals surface area contributed by atoms with E-state index in [-0.39, 0.29) is 24.1 Å². The first kappa shape index (κ1) is 11.4. The zero-order valence-corrected chi connectivity index (χ0v) is 8.20. The summed E-state index contributed by atoms with van der Waals surface area (Å²) in [6, 6.07) is 0. The lowest BCUT2D eigenvalue weighted by Crippen LogP contribution is -2.23. The zero-order chi connectivity index (χ0) is 9.72. The van der Waals surface area contributed by atoms with E-state index in [2.05, 4.69) is 0 Å². The van der Waals surface area contributed by atoms with Crippen molar-refractivity contribution in [1.82, 2.24) is 0 Å². The molecule has 0 aliphatic rings. The third-order valence-electron chi connectivity index (χ3n) is 1.71. The molecular weight excluding hydrogens is 156 g/mol. The van der Waals surface area contributed by atoms with E-state index in [1.54, 1.807) is 6.92 Å². The number of hydrogen-bond donors (Lipinski definition) is 1. The summed E-state index contributed by atoms with van der Waals surface area (Å²) in [4.78, 5) is 10.5. The molecule has 0 aromatic carbocycles. The van der Waals surface area contributed by atoms with E-state index in [0.29, 0.717) is 6.42 Å². The Morgan fingerprint density at radius 1 is 1.42 bits per heavy atom. The molecule has 0 aliphatic carbocycles. The van der Waals surface area contributed by atoms with Gasteiger partial charge in [-0.1, -0.05) is 13.8 Å². The van der Waals surface area contributed by atoms with Crippen molar-refractivity contribution in [3.8, 4) is 0 Å². The lowest BCUT2D eigenvalue weighted by Gasteiger charge is -2.18. The summed E-state index contributed by atoms with van der Waals surface area (Å²) in [6.45, 7) is 7.03. The first-order chi connectivity index (χ1) is 5.43. The minimum absolute atomic E-state index is 0.195. The molecule has 0 aliphatic heterocycles. The van der Waals surface area contributed by atoms with Crippen molar-refractivity contribution in [3.63, 3.8) is 0 Å². The van der Waals surface area contributed by atoms with Gasteiger partial charge in [0.25, 0.3) is 0 Å². The molecule has 0 saturated carbocycles. The monoisotopic (exact) mass is 174 g/mol. The molecule has 2 atom stereocenters. The molecule has 0 spiro atoms. The first-order valence-electron chi connectivity index (χ1n) is 4.28. The fourth-order valence-electron chi connectivity index (χ4n) is 0.944. The molecule has 0 heterocycles. The van der Waals surface area contributed by atoms with Crippen LogP contribution in [0, 0.1) is 5.92 Å². The van der Waals surface area contributed by atoms with Crippen molar-refractivity contribution < 1.29 is 14.6 Å². The molecule has 0 bridgehead atoms. The third-order valence-corrected chi connectivity index (χ3v) is 1.71. The summed E-state index contributed by atoms with van der Waals surface area (Å²) in [6.07, 6.45) is -0.0729. The summed E-state index contributed by atoms with van der Waals surface area (Å²) in [5, 5.41) is 9.42. The van der Waals surface area contributed by atoms with Crippen molar-refractivity contribution in [1.29, 1.82) is 0 Å². The largest absolute Gasteiger partial charge is 0.463 e. The fourth-order valence-corrected chi connectivity index (χ4v) is 0.944. The number of hydrogen-bond acceptors (Lipinski definition) is 3. The molecular formula is C9H18O3. The van der Waals surface area contributed by atoms with Gasteiger partial charge in [0.05, 0.1) is 6.10 Å². The molecule has 12 heavy (non-hydrogen) atoms. The Bertz CT molecular complexity index is 143. The number of aliphatic hydroxyl groups is 1. The molecule has 1 N–H and O–H groups in total. The molecule has 0 radical (unpaired) electrons. The molecule has 0 fully saturated rings. The van der Waals surface area contributed by atoms with Gasteiger partial charge in [0.2, 0.25) is 0 Å². The van der Waals surface area contributed by atoms with E-state index in [0.717, 1.165) is 0 Å². The summed E-state index contributed by atoms with van der Waals surface area (Å²) in [5.41, 5.74) is 0. The van der Waals surface area contributed by atoms with Crippen molar-refractivity contribution in [2.75, 3.05) is 0 Å². The SMILES string of the molecule is CC(=O)O[C@H](C)C[C@H](O)C(C)C. The topological polar surface area (TPSA) is 46.5 Å². The van der Waals surface area contributed by atoms with Crippen LogP contribution in [0.4, 0.5) is 0 Å². The highest BCUT2D eigenvalue weighted by molar-refractivity contribution is 5.66. The molecule has 0 saturated heterocycles. The summed E-state index contributed by atoms with van der Waals surface area (Å²) in [5.74, 6) is -0.0820. The van der Waals surface area contributed by atoms with Crippen LogP contribution in [0.2, 0.25) is 0 Å². The number of carbonyl (C=O) groups excluding carboxylic acids is 1. The van der Waals surface area contributed by atoms with E-state index in [1.807, 2.05) is 13.8 Å². The molecule has 0 amide bonds. The smallest absolute Gasteiger partial charge is 0.302 e. The van der Waals surface area contributed by atoms with Gasteiger partial charge in [-0.3, -0.25) is 4.79 Å².